The van der Waals surface area contributed by atoms with Crippen LogP contribution >= 0.6 is 12.2 Å². The largest absolute Gasteiger partial charge is 0.352 e. The standard InChI is InChI=1S/C19H27N3OS.C2H6/c1-16(6-3-5-13-24)21-19(23)15-22-11-8-17(9-12-22)14-18-7-2-4-10-20-18;1-2/h2-5,7,10,13,16-17H,6,8-9,11-12,14-15H2,1H3,(H,21,23);1-2H3. The average molecular weight is 376 g/mol. The molecular formula is C21H33N3OS. The SMILES string of the molecule is CC.CC(CC=CC=S)NC(=O)CN1CCC(Cc2ccccn2)CC1. The summed E-state index contributed by atoms with van der Waals surface area (Å²) in [5, 5.41) is 4.63. The first kappa shape index (κ1) is 22.5. The van der Waals surface area contributed by atoms with Crippen molar-refractivity contribution in [1.29, 1.82) is 0 Å². The molecule has 1 aliphatic heterocycles. The van der Waals surface area contributed by atoms with Crippen LogP contribution in [0.25, 0.3) is 0 Å². The number of likely N-dealkylation sites (tertiary alicyclic amines) is 1. The fourth-order valence-corrected chi connectivity index (χ4v) is 3.20. The summed E-state index contributed by atoms with van der Waals surface area (Å²) in [7, 11) is 0. The minimum absolute atomic E-state index is 0.112. The summed E-state index contributed by atoms with van der Waals surface area (Å²) >= 11 is 4.74. The Kier molecular flexibility index (Phi) is 11.7. The number of rotatable bonds is 8. The number of thiocarbonyl (C=S) groups is 1. The third-order valence-electron chi connectivity index (χ3n) is 4.41. The van der Waals surface area contributed by atoms with E-state index in [9.17, 15) is 4.79 Å². The van der Waals surface area contributed by atoms with E-state index in [4.69, 9.17) is 12.2 Å². The average Bonchev–Trinajstić information content (AvgIpc) is 2.66. The fraction of sp³-hybridized carbons (Fsp3) is 0.571. The van der Waals surface area contributed by atoms with Gasteiger partial charge in [-0.15, -0.1) is 0 Å². The molecule has 1 aromatic rings. The zero-order valence-electron chi connectivity index (χ0n) is 16.4. The molecule has 1 atom stereocenters. The summed E-state index contributed by atoms with van der Waals surface area (Å²) in [6.45, 7) is 8.50. The van der Waals surface area contributed by atoms with Crippen molar-refractivity contribution in [2.24, 2.45) is 5.92 Å². The Morgan fingerprint density at radius 1 is 1.38 bits per heavy atom. The molecule has 1 unspecified atom stereocenters. The predicted octanol–water partition coefficient (Wildman–Crippen LogP) is 3.81. The van der Waals surface area contributed by atoms with Crippen molar-refractivity contribution in [2.75, 3.05) is 19.6 Å². The van der Waals surface area contributed by atoms with Crippen molar-refractivity contribution >= 4 is 23.5 Å². The summed E-state index contributed by atoms with van der Waals surface area (Å²) in [4.78, 5) is 18.8. The lowest BCUT2D eigenvalue weighted by Gasteiger charge is -2.31. The van der Waals surface area contributed by atoms with E-state index in [-0.39, 0.29) is 11.9 Å². The van der Waals surface area contributed by atoms with Gasteiger partial charge in [-0.2, -0.15) is 0 Å². The minimum atomic E-state index is 0.112. The van der Waals surface area contributed by atoms with E-state index in [0.717, 1.165) is 38.8 Å². The second-order valence-electron chi connectivity index (χ2n) is 6.51. The number of nitrogens with zero attached hydrogens (tertiary/aromatic N) is 2. The molecule has 1 N–H and O–H groups in total. The van der Waals surface area contributed by atoms with Crippen molar-refractivity contribution in [1.82, 2.24) is 15.2 Å². The number of nitrogens with one attached hydrogen (secondary N) is 1. The predicted molar refractivity (Wildman–Crippen MR) is 113 cm³/mol. The molecule has 2 rings (SSSR count). The van der Waals surface area contributed by atoms with Crippen LogP contribution in [-0.2, 0) is 11.2 Å². The lowest BCUT2D eigenvalue weighted by atomic mass is 9.92. The van der Waals surface area contributed by atoms with Gasteiger partial charge in [-0.1, -0.05) is 44.3 Å². The Balaban J connectivity index is 0.00000163. The van der Waals surface area contributed by atoms with Gasteiger partial charge in [0.05, 0.1) is 6.54 Å². The van der Waals surface area contributed by atoms with Gasteiger partial charge in [-0.05, 0) is 63.7 Å². The molecule has 0 saturated carbocycles. The molecular weight excluding hydrogens is 342 g/mol. The molecule has 1 saturated heterocycles. The van der Waals surface area contributed by atoms with Crippen LogP contribution in [0.4, 0.5) is 0 Å². The maximum Gasteiger partial charge on any atom is 0.234 e. The van der Waals surface area contributed by atoms with Crippen LogP contribution < -0.4 is 5.32 Å². The Morgan fingerprint density at radius 2 is 2.12 bits per heavy atom. The monoisotopic (exact) mass is 375 g/mol. The highest BCUT2D eigenvalue weighted by Gasteiger charge is 2.21. The Hall–Kier alpha value is -1.59. The van der Waals surface area contributed by atoms with E-state index in [1.165, 1.54) is 5.69 Å². The van der Waals surface area contributed by atoms with Crippen molar-refractivity contribution in [3.8, 4) is 0 Å². The second kappa shape index (κ2) is 13.6. The Morgan fingerprint density at radius 3 is 2.73 bits per heavy atom. The molecule has 5 heteroatoms. The first-order chi connectivity index (χ1) is 12.7. The van der Waals surface area contributed by atoms with Gasteiger partial charge in [0.1, 0.15) is 0 Å². The van der Waals surface area contributed by atoms with Crippen LogP contribution in [-0.4, -0.2) is 46.8 Å². The zero-order chi connectivity index (χ0) is 19.2. The molecule has 0 radical (unpaired) electrons. The summed E-state index contributed by atoms with van der Waals surface area (Å²) in [6, 6.07) is 6.24. The van der Waals surface area contributed by atoms with Crippen molar-refractivity contribution in [3.05, 3.63) is 42.2 Å². The summed E-state index contributed by atoms with van der Waals surface area (Å²) in [5.41, 5.74) is 1.17. The minimum Gasteiger partial charge on any atom is -0.352 e. The molecule has 1 aliphatic rings. The van der Waals surface area contributed by atoms with Crippen LogP contribution in [0.15, 0.2) is 36.5 Å². The molecule has 0 aromatic carbocycles. The molecule has 1 fully saturated rings. The lowest BCUT2D eigenvalue weighted by molar-refractivity contribution is -0.123. The van der Waals surface area contributed by atoms with Crippen LogP contribution in [0.3, 0.4) is 0 Å². The van der Waals surface area contributed by atoms with Gasteiger partial charge in [-0.25, -0.2) is 0 Å². The molecule has 2 heterocycles. The van der Waals surface area contributed by atoms with Gasteiger partial charge in [0, 0.05) is 23.3 Å². The fourth-order valence-electron chi connectivity index (χ4n) is 3.08. The van der Waals surface area contributed by atoms with E-state index >= 15 is 0 Å². The van der Waals surface area contributed by atoms with Crippen molar-refractivity contribution in [2.45, 2.75) is 52.5 Å². The number of aromatic nitrogens is 1. The number of hydrogen-bond acceptors (Lipinski definition) is 4. The highest BCUT2D eigenvalue weighted by Crippen LogP contribution is 2.20. The summed E-state index contributed by atoms with van der Waals surface area (Å²) < 4.78 is 0. The van der Waals surface area contributed by atoms with E-state index in [1.807, 2.05) is 51.3 Å². The molecule has 0 bridgehead atoms. The summed E-state index contributed by atoms with van der Waals surface area (Å²) in [5.74, 6) is 0.791. The second-order valence-corrected chi connectivity index (χ2v) is 6.79. The van der Waals surface area contributed by atoms with E-state index in [0.29, 0.717) is 12.5 Å². The molecule has 4 nitrogen and oxygen atoms in total. The number of piperidine rings is 1. The third kappa shape index (κ3) is 9.20. The van der Waals surface area contributed by atoms with Crippen LogP contribution in [0.2, 0.25) is 0 Å². The van der Waals surface area contributed by atoms with Crippen LogP contribution in [0, 0.1) is 5.92 Å². The van der Waals surface area contributed by atoms with Gasteiger partial charge < -0.3 is 5.32 Å². The molecule has 144 valence electrons. The van der Waals surface area contributed by atoms with Crippen LogP contribution in [0.1, 0.15) is 45.7 Å². The maximum absolute atomic E-state index is 12.1. The van der Waals surface area contributed by atoms with Crippen molar-refractivity contribution in [3.63, 3.8) is 0 Å². The van der Waals surface area contributed by atoms with Gasteiger partial charge in [0.25, 0.3) is 0 Å². The van der Waals surface area contributed by atoms with E-state index < -0.39 is 0 Å². The number of hydrogen-bond donors (Lipinski definition) is 1. The number of pyridine rings is 1. The van der Waals surface area contributed by atoms with Gasteiger partial charge in [0.2, 0.25) is 5.91 Å². The number of allylic oxidation sites excluding steroid dienone is 1. The Bertz CT molecular complexity index is 539. The number of carbonyl (C=O) groups is 1. The van der Waals surface area contributed by atoms with Crippen molar-refractivity contribution < 1.29 is 4.79 Å². The van der Waals surface area contributed by atoms with Gasteiger partial charge in [0.15, 0.2) is 0 Å². The zero-order valence-corrected chi connectivity index (χ0v) is 17.2. The smallest absolute Gasteiger partial charge is 0.234 e. The molecule has 1 aromatic heterocycles. The topological polar surface area (TPSA) is 45.2 Å². The molecule has 0 aliphatic carbocycles. The third-order valence-corrected chi connectivity index (χ3v) is 4.57. The quantitative estimate of drug-likeness (QED) is 0.554. The number of amides is 1. The lowest BCUT2D eigenvalue weighted by Crippen LogP contribution is -2.44. The normalized spacial score (nSPS) is 16.6. The van der Waals surface area contributed by atoms with E-state index in [1.54, 1.807) is 5.37 Å². The maximum atomic E-state index is 12.1. The first-order valence-corrected chi connectivity index (χ1v) is 10.2. The molecule has 26 heavy (non-hydrogen) atoms. The Labute approximate surface area is 164 Å². The first-order valence-electron chi connectivity index (χ1n) is 9.69. The van der Waals surface area contributed by atoms with Gasteiger partial charge >= 0.3 is 0 Å². The molecule has 1 amide bonds. The highest BCUT2D eigenvalue weighted by molar-refractivity contribution is 7.79. The van der Waals surface area contributed by atoms with E-state index in [2.05, 4.69) is 21.3 Å². The summed E-state index contributed by atoms with van der Waals surface area (Å²) in [6.07, 6.45) is 9.81. The highest BCUT2D eigenvalue weighted by atomic mass is 32.1. The van der Waals surface area contributed by atoms with Gasteiger partial charge in [-0.3, -0.25) is 14.7 Å². The molecule has 0 spiro atoms. The van der Waals surface area contributed by atoms with Crippen LogP contribution in [0.5, 0.6) is 0 Å². The number of carbonyl (C=O) groups excluding carboxylic acids is 1.